The lowest BCUT2D eigenvalue weighted by atomic mass is 9.91. The van der Waals surface area contributed by atoms with Gasteiger partial charge in [-0.3, -0.25) is 52.7 Å². The number of fused-ring (bicyclic) bond motifs is 4. The van der Waals surface area contributed by atoms with E-state index in [0.717, 1.165) is 170 Å². The summed E-state index contributed by atoms with van der Waals surface area (Å²) in [6.45, 7) is 37.0. The van der Waals surface area contributed by atoms with Crippen molar-refractivity contribution in [3.05, 3.63) is 166 Å². The van der Waals surface area contributed by atoms with Crippen molar-refractivity contribution in [1.82, 2.24) is 46.5 Å². The van der Waals surface area contributed by atoms with Crippen molar-refractivity contribution in [3.63, 3.8) is 0 Å². The van der Waals surface area contributed by atoms with E-state index in [-0.39, 0.29) is 120 Å². The molecule has 0 radical (unpaired) electrons. The molecular weight excluding hydrogens is 1780 g/mol. The van der Waals surface area contributed by atoms with Gasteiger partial charge in [0.2, 0.25) is 29.5 Å². The van der Waals surface area contributed by atoms with E-state index in [0.29, 0.717) is 137 Å². The summed E-state index contributed by atoms with van der Waals surface area (Å²) in [6, 6.07) is 25.1. The van der Waals surface area contributed by atoms with E-state index in [1.54, 1.807) is 52.4 Å². The van der Waals surface area contributed by atoms with Gasteiger partial charge >= 0.3 is 0 Å². The number of carbonyl (C=O) groups is 12. The van der Waals surface area contributed by atoms with Crippen LogP contribution in [0, 0.1) is 47.3 Å². The molecule has 0 unspecified atom stereocenters. The first-order valence-corrected chi connectivity index (χ1v) is 53.6. The zero-order valence-corrected chi connectivity index (χ0v) is 86.1. The van der Waals surface area contributed by atoms with Crippen LogP contribution < -0.4 is 26.6 Å². The molecule has 8 aromatic rings. The number of hydrogen-bond donors (Lipinski definition) is 5. The first-order valence-electron chi connectivity index (χ1n) is 50.3. The monoisotopic (exact) mass is 1930 g/mol. The van der Waals surface area contributed by atoms with Gasteiger partial charge in [0.05, 0.1) is 84.6 Å². The van der Waals surface area contributed by atoms with Gasteiger partial charge in [0.15, 0.2) is 23.1 Å². The molecule has 4 fully saturated rings. The van der Waals surface area contributed by atoms with E-state index >= 15 is 0 Å². The first-order chi connectivity index (χ1) is 65.2. The third-order valence-electron chi connectivity index (χ3n) is 27.7. The summed E-state index contributed by atoms with van der Waals surface area (Å²) in [5, 5.41) is 19.1. The normalized spacial score (nSPS) is 16.0. The minimum absolute atomic E-state index is 0.00222. The fourth-order valence-electron chi connectivity index (χ4n) is 19.3. The molecule has 0 bridgehead atoms. The number of ketones is 7. The third-order valence-corrected chi connectivity index (χ3v) is 31.8. The largest absolute Gasteiger partial charge is 0.359 e. The molecule has 4 aromatic carbocycles. The number of allylic oxidation sites excluding steroid dienone is 4. The number of Topliss-reactive ketones (excluding diaryl/α,β-unsaturated/α-hetero) is 3. The Kier molecular flexibility index (Phi) is 45.2. The predicted molar refractivity (Wildman–Crippen MR) is 555 cm³/mol. The maximum atomic E-state index is 13.5. The lowest BCUT2D eigenvalue weighted by Crippen LogP contribution is -2.44. The van der Waals surface area contributed by atoms with Crippen LogP contribution in [-0.4, -0.2) is 121 Å². The number of thiazole rings is 4. The Hall–Kier alpha value is -9.56. The number of hydrogen-bond acceptors (Lipinski definition) is 20. The summed E-state index contributed by atoms with van der Waals surface area (Å²) in [5.74, 6) is 1.08. The number of rotatable bonds is 51. The molecule has 736 valence electrons. The van der Waals surface area contributed by atoms with Crippen LogP contribution in [0.4, 0.5) is 0 Å². The SMILES string of the molecule is C=CC(=O)CC[C@@H](NC(=O)[C@@H](CC(=O)CC)Cc1nc2ccc(C(C)C)cc2s1)C1CCCC1.C=CC(=O)CC[C@@H](NC(=O)[C@@H](CC(=O)CCC)Cc1nc2ccc(C(C)C)cc2s1)C1CCCC1.C=CC(=O)CC[C@@H](NC(=O)[C@@H](CC(=O)NC)Cc1nc2ccc(C(C)C)cc2s1)C1CCCC1.C=CC(=O)CC[C@@H](NC(=O)[C@@H](CC(C)=O)Cc1nc2ccc(C(C)C)cc2s1)C1CCCC1. The number of nitrogens with zero attached hydrogens (tertiary/aromatic N) is 4. The number of nitrogens with one attached hydrogen (secondary N) is 5. The van der Waals surface area contributed by atoms with E-state index in [1.807, 2.05) is 32.0 Å². The lowest BCUT2D eigenvalue weighted by Gasteiger charge is -2.27. The number of amides is 5. The molecule has 25 heteroatoms. The minimum Gasteiger partial charge on any atom is -0.359 e. The average molecular weight is 1930 g/mol. The Bertz CT molecular complexity index is 5230. The summed E-state index contributed by atoms with van der Waals surface area (Å²) in [4.78, 5) is 169. The zero-order valence-electron chi connectivity index (χ0n) is 82.9. The quantitative estimate of drug-likeness (QED) is 0.0221. The van der Waals surface area contributed by atoms with Gasteiger partial charge in [0.25, 0.3) is 0 Å². The number of aromatic nitrogens is 4. The predicted octanol–water partition coefficient (Wildman–Crippen LogP) is 23.4. The van der Waals surface area contributed by atoms with E-state index in [2.05, 4.69) is 163 Å². The molecule has 5 amide bonds. The highest BCUT2D eigenvalue weighted by Crippen LogP contribution is 2.39. The molecule has 4 saturated carbocycles. The van der Waals surface area contributed by atoms with Crippen LogP contribution in [0.5, 0.6) is 0 Å². The highest BCUT2D eigenvalue weighted by atomic mass is 32.1. The van der Waals surface area contributed by atoms with Gasteiger partial charge < -0.3 is 31.4 Å². The first kappa shape index (κ1) is 110. The standard InChI is InChI=1S/C29H40N2O3S.C28H38N2O3S.C27H37N3O3S.C27H36N2O3S/c1-5-9-24(33)16-22(18-28-30-26-14-12-21(19(3)4)17-27(26)35-28)29(34)31-25(15-13-23(32)6-2)20-10-7-8-11-20;1-5-22(31)12-14-24(19-9-7-8-10-19)30-28(33)21(15-23(32)6-2)17-27-29-25-13-11-20(18(3)4)16-26(25)34-27;1-5-21(31)11-13-22(18-8-6-7-9-18)30-27(33)20(15-25(32)28-4)16-26-29-23-12-10-19(17(2)3)14-24(23)34-26;1-5-22(31)11-13-23(19-8-6-7-9-19)29-27(32)21(14-18(4)30)16-26-28-24-12-10-20(17(2)3)15-25(24)33-26/h6,12,14,17,19-20,22,25H,2,5,7-11,13,15-16,18H2,1,3-4H3,(H,31,34);5,11,13,16,18-19,21,24H,1,6-10,12,14-15,17H2,2-4H3,(H,30,33);5,10,12,14,17-18,20,22H,1,6-9,11,13,15-16H2,2-4H3,(H,28,32)(H,30,33);5,10,12,15,17,19,21,23H,1,6-9,11,13-14,16H2,2-4H3,(H,29,32)/t22-,25+;21-,24+;20-,22+;21-,23+/m0000/s1. The Morgan fingerprint density at radius 1 is 0.353 bits per heavy atom. The van der Waals surface area contributed by atoms with E-state index in [9.17, 15) is 57.5 Å². The Balaban J connectivity index is 0.000000203. The van der Waals surface area contributed by atoms with Crippen LogP contribution in [-0.2, 0) is 83.2 Å². The van der Waals surface area contributed by atoms with Crippen LogP contribution in [0.2, 0.25) is 0 Å². The molecule has 5 N–H and O–H groups in total. The van der Waals surface area contributed by atoms with Crippen LogP contribution in [0.3, 0.4) is 0 Å². The van der Waals surface area contributed by atoms with Crippen molar-refractivity contribution in [2.75, 3.05) is 7.05 Å². The van der Waals surface area contributed by atoms with E-state index < -0.39 is 23.7 Å². The fourth-order valence-corrected chi connectivity index (χ4v) is 23.7. The highest BCUT2D eigenvalue weighted by molar-refractivity contribution is 7.19. The van der Waals surface area contributed by atoms with Gasteiger partial charge in [-0.05, 0) is 233 Å². The van der Waals surface area contributed by atoms with Gasteiger partial charge in [-0.15, -0.1) is 45.3 Å². The number of carbonyl (C=O) groups excluding carboxylic acids is 12. The summed E-state index contributed by atoms with van der Waals surface area (Å²) in [6.07, 6.45) is 31.4. The molecule has 4 aromatic heterocycles. The van der Waals surface area contributed by atoms with Crippen LogP contribution in [0.25, 0.3) is 40.9 Å². The lowest BCUT2D eigenvalue weighted by molar-refractivity contribution is -0.131. The average Bonchev–Trinajstić information content (AvgIpc) is 1.68. The Morgan fingerprint density at radius 2 is 0.596 bits per heavy atom. The molecular formula is C111H151N9O12S4. The second-order valence-electron chi connectivity index (χ2n) is 39.4. The molecule has 0 spiro atoms. The highest BCUT2D eigenvalue weighted by Gasteiger charge is 2.37. The van der Waals surface area contributed by atoms with Crippen molar-refractivity contribution in [3.8, 4) is 0 Å². The summed E-state index contributed by atoms with van der Waals surface area (Å²) >= 11 is 6.43. The molecule has 21 nitrogen and oxygen atoms in total. The minimum atomic E-state index is -0.510. The van der Waals surface area contributed by atoms with E-state index in [4.69, 9.17) is 19.9 Å². The maximum Gasteiger partial charge on any atom is 0.224 e. The van der Waals surface area contributed by atoms with Gasteiger partial charge in [-0.25, -0.2) is 19.9 Å². The Labute approximate surface area is 823 Å². The molecule has 4 heterocycles. The third kappa shape index (κ3) is 34.8. The van der Waals surface area contributed by atoms with Gasteiger partial charge in [0.1, 0.15) is 17.3 Å². The van der Waals surface area contributed by atoms with Crippen LogP contribution in [0.15, 0.2) is 123 Å². The second-order valence-corrected chi connectivity index (χ2v) is 43.9. The molecule has 4 aliphatic carbocycles. The molecule has 4 aliphatic rings. The second kappa shape index (κ2) is 55.9. The van der Waals surface area contributed by atoms with Crippen LogP contribution >= 0.6 is 45.3 Å². The summed E-state index contributed by atoms with van der Waals surface area (Å²) < 4.78 is 4.46. The van der Waals surface area contributed by atoms with Crippen molar-refractivity contribution in [1.29, 1.82) is 0 Å². The molecule has 8 atom stereocenters. The maximum absolute atomic E-state index is 13.5. The topological polar surface area (TPSA) is 317 Å². The van der Waals surface area contributed by atoms with Gasteiger partial charge in [0, 0.05) is 121 Å². The van der Waals surface area contributed by atoms with Gasteiger partial charge in [-0.1, -0.05) is 171 Å². The molecule has 0 saturated heterocycles. The van der Waals surface area contributed by atoms with Crippen LogP contribution in [0.1, 0.15) is 341 Å². The molecule has 136 heavy (non-hydrogen) atoms. The van der Waals surface area contributed by atoms with Gasteiger partial charge in [-0.2, -0.15) is 0 Å². The molecule has 12 rings (SSSR count). The van der Waals surface area contributed by atoms with Crippen molar-refractivity contribution >= 4 is 156 Å². The Morgan fingerprint density at radius 3 is 0.816 bits per heavy atom. The van der Waals surface area contributed by atoms with Crippen molar-refractivity contribution in [2.45, 2.75) is 349 Å². The van der Waals surface area contributed by atoms with E-state index in [1.165, 1.54) is 53.5 Å². The molecule has 0 aliphatic heterocycles. The number of benzene rings is 4. The smallest absolute Gasteiger partial charge is 0.224 e. The summed E-state index contributed by atoms with van der Waals surface area (Å²) in [5.41, 5.74) is 8.82. The fraction of sp³-hybridized carbons (Fsp3) is 0.568. The zero-order chi connectivity index (χ0) is 98.7. The van der Waals surface area contributed by atoms with Crippen molar-refractivity contribution < 1.29 is 57.5 Å². The summed E-state index contributed by atoms with van der Waals surface area (Å²) in [7, 11) is 1.59. The van der Waals surface area contributed by atoms with Crippen molar-refractivity contribution in [2.24, 2.45) is 47.3 Å².